The summed E-state index contributed by atoms with van der Waals surface area (Å²) < 4.78 is 0. The number of aliphatic carboxylic acids is 1. The normalized spacial score (nSPS) is 22.4. The van der Waals surface area contributed by atoms with Gasteiger partial charge in [0, 0.05) is 6.54 Å². The first-order valence-electron chi connectivity index (χ1n) is 5.75. The standard InChI is InChI=1S/C11H20N2O3S/c1-13-5-3-8(7-13)10(14)12-9(11(15)16)4-6-17-2/h8-9H,3-7H2,1-2H3,(H,12,14)(H,15,16). The maximum atomic E-state index is 11.9. The molecule has 6 heteroatoms. The van der Waals surface area contributed by atoms with E-state index in [1.165, 1.54) is 0 Å². The van der Waals surface area contributed by atoms with Crippen molar-refractivity contribution in [3.8, 4) is 0 Å². The molecule has 0 saturated carbocycles. The van der Waals surface area contributed by atoms with E-state index in [1.54, 1.807) is 11.8 Å². The minimum Gasteiger partial charge on any atom is -0.480 e. The van der Waals surface area contributed by atoms with Crippen LogP contribution in [0.5, 0.6) is 0 Å². The lowest BCUT2D eigenvalue weighted by Crippen LogP contribution is -2.44. The molecule has 1 rings (SSSR count). The molecule has 2 atom stereocenters. The van der Waals surface area contributed by atoms with Gasteiger partial charge in [-0.25, -0.2) is 4.79 Å². The molecule has 1 saturated heterocycles. The number of likely N-dealkylation sites (tertiary alicyclic amines) is 1. The van der Waals surface area contributed by atoms with E-state index < -0.39 is 12.0 Å². The summed E-state index contributed by atoms with van der Waals surface area (Å²) in [6.07, 6.45) is 3.22. The fourth-order valence-electron chi connectivity index (χ4n) is 1.93. The summed E-state index contributed by atoms with van der Waals surface area (Å²) in [5.74, 6) is -0.389. The number of carboxylic acids is 1. The van der Waals surface area contributed by atoms with Crippen LogP contribution in [0.4, 0.5) is 0 Å². The van der Waals surface area contributed by atoms with E-state index in [0.717, 1.165) is 25.3 Å². The second-order valence-corrected chi connectivity index (χ2v) is 5.41. The first kappa shape index (κ1) is 14.3. The van der Waals surface area contributed by atoms with Crippen molar-refractivity contribution in [2.75, 3.05) is 32.1 Å². The maximum Gasteiger partial charge on any atom is 0.326 e. The van der Waals surface area contributed by atoms with E-state index in [1.807, 2.05) is 13.3 Å². The summed E-state index contributed by atoms with van der Waals surface area (Å²) in [5, 5.41) is 11.6. The Bertz CT molecular complexity index is 286. The molecule has 0 aliphatic carbocycles. The second-order valence-electron chi connectivity index (χ2n) is 4.43. The van der Waals surface area contributed by atoms with Gasteiger partial charge in [-0.2, -0.15) is 11.8 Å². The molecule has 0 aromatic rings. The minimum absolute atomic E-state index is 0.0591. The Morgan fingerprint density at radius 1 is 1.59 bits per heavy atom. The van der Waals surface area contributed by atoms with Gasteiger partial charge in [-0.15, -0.1) is 0 Å². The van der Waals surface area contributed by atoms with Crippen LogP contribution in [0, 0.1) is 5.92 Å². The highest BCUT2D eigenvalue weighted by Gasteiger charge is 2.29. The van der Waals surface area contributed by atoms with Gasteiger partial charge in [0.05, 0.1) is 5.92 Å². The monoisotopic (exact) mass is 260 g/mol. The molecule has 0 aromatic carbocycles. The molecule has 0 spiro atoms. The van der Waals surface area contributed by atoms with Crippen LogP contribution in [0.25, 0.3) is 0 Å². The van der Waals surface area contributed by atoms with Gasteiger partial charge < -0.3 is 15.3 Å². The van der Waals surface area contributed by atoms with Crippen molar-refractivity contribution in [3.63, 3.8) is 0 Å². The lowest BCUT2D eigenvalue weighted by Gasteiger charge is -2.17. The van der Waals surface area contributed by atoms with Gasteiger partial charge in [0.15, 0.2) is 0 Å². The average molecular weight is 260 g/mol. The number of amides is 1. The van der Waals surface area contributed by atoms with Gasteiger partial charge in [-0.05, 0) is 38.4 Å². The summed E-state index contributed by atoms with van der Waals surface area (Å²) in [6.45, 7) is 1.63. The zero-order valence-electron chi connectivity index (χ0n) is 10.3. The highest BCUT2D eigenvalue weighted by molar-refractivity contribution is 7.98. The zero-order chi connectivity index (χ0) is 12.8. The van der Waals surface area contributed by atoms with Crippen LogP contribution >= 0.6 is 11.8 Å². The van der Waals surface area contributed by atoms with Crippen LogP contribution in [-0.2, 0) is 9.59 Å². The highest BCUT2D eigenvalue weighted by Crippen LogP contribution is 2.14. The SMILES string of the molecule is CSCCC(NC(=O)C1CCN(C)C1)C(=O)O. The van der Waals surface area contributed by atoms with Crippen molar-refractivity contribution in [3.05, 3.63) is 0 Å². The van der Waals surface area contributed by atoms with E-state index in [4.69, 9.17) is 5.11 Å². The van der Waals surface area contributed by atoms with E-state index in [-0.39, 0.29) is 11.8 Å². The molecule has 2 unspecified atom stereocenters. The molecule has 1 aliphatic rings. The molecule has 98 valence electrons. The summed E-state index contributed by atoms with van der Waals surface area (Å²) in [7, 11) is 1.97. The Balaban J connectivity index is 2.43. The molecule has 17 heavy (non-hydrogen) atoms. The summed E-state index contributed by atoms with van der Waals surface area (Å²) in [4.78, 5) is 24.9. The highest BCUT2D eigenvalue weighted by atomic mass is 32.2. The number of carboxylic acid groups (broad SMARTS) is 1. The third kappa shape index (κ3) is 4.55. The summed E-state index contributed by atoms with van der Waals surface area (Å²) in [5.41, 5.74) is 0. The van der Waals surface area contributed by atoms with E-state index in [0.29, 0.717) is 6.42 Å². The molecule has 2 N–H and O–H groups in total. The second kappa shape index (κ2) is 6.86. The lowest BCUT2D eigenvalue weighted by atomic mass is 10.1. The zero-order valence-corrected chi connectivity index (χ0v) is 11.1. The van der Waals surface area contributed by atoms with Crippen molar-refractivity contribution >= 4 is 23.6 Å². The van der Waals surface area contributed by atoms with Crippen LogP contribution in [0.15, 0.2) is 0 Å². The topological polar surface area (TPSA) is 69.6 Å². The predicted molar refractivity (Wildman–Crippen MR) is 68.2 cm³/mol. The van der Waals surface area contributed by atoms with Crippen molar-refractivity contribution in [2.24, 2.45) is 5.92 Å². The summed E-state index contributed by atoms with van der Waals surface area (Å²) >= 11 is 1.58. The van der Waals surface area contributed by atoms with Crippen molar-refractivity contribution in [1.29, 1.82) is 0 Å². The fourth-order valence-corrected chi connectivity index (χ4v) is 2.40. The van der Waals surface area contributed by atoms with Crippen molar-refractivity contribution in [1.82, 2.24) is 10.2 Å². The molecule has 0 bridgehead atoms. The van der Waals surface area contributed by atoms with E-state index >= 15 is 0 Å². The number of nitrogens with zero attached hydrogens (tertiary/aromatic N) is 1. The number of nitrogens with one attached hydrogen (secondary N) is 1. The average Bonchev–Trinajstić information content (AvgIpc) is 2.70. The number of rotatable bonds is 6. The third-order valence-corrected chi connectivity index (χ3v) is 3.63. The molecule has 1 heterocycles. The Kier molecular flexibility index (Phi) is 5.77. The Morgan fingerprint density at radius 2 is 2.29 bits per heavy atom. The molecule has 0 radical (unpaired) electrons. The molecule has 1 fully saturated rings. The maximum absolute atomic E-state index is 11.9. The number of hydrogen-bond acceptors (Lipinski definition) is 4. The molecule has 5 nitrogen and oxygen atoms in total. The number of carbonyl (C=O) groups is 2. The van der Waals surface area contributed by atoms with Crippen LogP contribution in [0.1, 0.15) is 12.8 Å². The number of carbonyl (C=O) groups excluding carboxylic acids is 1. The third-order valence-electron chi connectivity index (χ3n) is 2.99. The fraction of sp³-hybridized carbons (Fsp3) is 0.818. The quantitative estimate of drug-likeness (QED) is 0.717. The Hall–Kier alpha value is -0.750. The predicted octanol–water partition coefficient (Wildman–Crippen LogP) is 0.261. The smallest absolute Gasteiger partial charge is 0.326 e. The van der Waals surface area contributed by atoms with Crippen molar-refractivity contribution < 1.29 is 14.7 Å². The van der Waals surface area contributed by atoms with E-state index in [2.05, 4.69) is 10.2 Å². The van der Waals surface area contributed by atoms with E-state index in [9.17, 15) is 9.59 Å². The Labute approximate surface area is 106 Å². The molecule has 1 amide bonds. The van der Waals surface area contributed by atoms with Gasteiger partial charge in [-0.3, -0.25) is 4.79 Å². The van der Waals surface area contributed by atoms with Gasteiger partial charge in [-0.1, -0.05) is 0 Å². The van der Waals surface area contributed by atoms with Gasteiger partial charge in [0.25, 0.3) is 0 Å². The first-order valence-corrected chi connectivity index (χ1v) is 7.14. The Morgan fingerprint density at radius 3 is 2.76 bits per heavy atom. The molecular formula is C11H20N2O3S. The van der Waals surface area contributed by atoms with Crippen molar-refractivity contribution in [2.45, 2.75) is 18.9 Å². The van der Waals surface area contributed by atoms with Gasteiger partial charge in [0.2, 0.25) is 5.91 Å². The molecule has 0 aromatic heterocycles. The van der Waals surface area contributed by atoms with Crippen LogP contribution in [-0.4, -0.2) is 60.1 Å². The number of thioether (sulfide) groups is 1. The van der Waals surface area contributed by atoms with Crippen LogP contribution in [0.2, 0.25) is 0 Å². The minimum atomic E-state index is -0.946. The van der Waals surface area contributed by atoms with Gasteiger partial charge >= 0.3 is 5.97 Å². The van der Waals surface area contributed by atoms with Gasteiger partial charge in [0.1, 0.15) is 6.04 Å². The largest absolute Gasteiger partial charge is 0.480 e. The molecular weight excluding hydrogens is 240 g/mol. The lowest BCUT2D eigenvalue weighted by molar-refractivity contribution is -0.142. The first-order chi connectivity index (χ1) is 8.04. The van der Waals surface area contributed by atoms with Crippen LogP contribution in [0.3, 0.4) is 0 Å². The van der Waals surface area contributed by atoms with Crippen LogP contribution < -0.4 is 5.32 Å². The molecule has 1 aliphatic heterocycles. The summed E-state index contributed by atoms with van der Waals surface area (Å²) in [6, 6.07) is -0.749. The number of hydrogen-bond donors (Lipinski definition) is 2.